The van der Waals surface area contributed by atoms with Crippen LogP contribution in [-0.4, -0.2) is 20.4 Å². The molecule has 0 unspecified atom stereocenters. The quantitative estimate of drug-likeness (QED) is 0.750. The summed E-state index contributed by atoms with van der Waals surface area (Å²) in [7, 11) is 0. The number of carbonyl (C=O) groups excluding carboxylic acids is 1. The van der Waals surface area contributed by atoms with E-state index in [1.165, 1.54) is 6.07 Å². The number of hydrogen-bond donors (Lipinski definition) is 2. The number of benzene rings is 1. The highest BCUT2D eigenvalue weighted by Crippen LogP contribution is 2.16. The fourth-order valence-corrected chi connectivity index (χ4v) is 2.04. The van der Waals surface area contributed by atoms with Crippen LogP contribution in [0, 0.1) is 6.92 Å². The summed E-state index contributed by atoms with van der Waals surface area (Å²) in [4.78, 5) is 16.4. The molecule has 3 rings (SSSR count). The summed E-state index contributed by atoms with van der Waals surface area (Å²) in [6.07, 6.45) is 1.70. The van der Waals surface area contributed by atoms with Gasteiger partial charge in [0.25, 0.3) is 5.91 Å². The minimum absolute atomic E-state index is 0.105. The summed E-state index contributed by atoms with van der Waals surface area (Å²) in [6, 6.07) is 12.1. The van der Waals surface area contributed by atoms with Gasteiger partial charge < -0.3 is 14.8 Å². The average Bonchev–Trinajstić information content (AvgIpc) is 2.84. The van der Waals surface area contributed by atoms with Crippen molar-refractivity contribution in [3.63, 3.8) is 0 Å². The molecule has 0 aliphatic heterocycles. The van der Waals surface area contributed by atoms with Crippen LogP contribution in [-0.2, 0) is 0 Å². The zero-order valence-electron chi connectivity index (χ0n) is 10.9. The summed E-state index contributed by atoms with van der Waals surface area (Å²) in [5, 5.41) is 12.1. The maximum Gasteiger partial charge on any atom is 0.275 e. The molecule has 0 bridgehead atoms. The van der Waals surface area contributed by atoms with Crippen molar-refractivity contribution in [3.05, 3.63) is 60.0 Å². The molecule has 1 amide bonds. The lowest BCUT2D eigenvalue weighted by Gasteiger charge is -2.02. The third-order valence-electron chi connectivity index (χ3n) is 3.03. The minimum atomic E-state index is -0.307. The van der Waals surface area contributed by atoms with Gasteiger partial charge in [-0.3, -0.25) is 4.79 Å². The Labute approximate surface area is 115 Å². The van der Waals surface area contributed by atoms with Crippen LogP contribution in [0.2, 0.25) is 0 Å². The van der Waals surface area contributed by atoms with Crippen LogP contribution in [0.15, 0.2) is 48.7 Å². The first-order valence-electron chi connectivity index (χ1n) is 6.18. The van der Waals surface area contributed by atoms with Crippen molar-refractivity contribution in [2.45, 2.75) is 6.92 Å². The number of pyridine rings is 1. The summed E-state index contributed by atoms with van der Waals surface area (Å²) >= 11 is 0. The normalized spacial score (nSPS) is 10.7. The fourth-order valence-electron chi connectivity index (χ4n) is 2.04. The van der Waals surface area contributed by atoms with Crippen LogP contribution >= 0.6 is 0 Å². The topological polar surface area (TPSA) is 66.6 Å². The van der Waals surface area contributed by atoms with E-state index < -0.39 is 0 Å². The van der Waals surface area contributed by atoms with Crippen LogP contribution < -0.4 is 5.32 Å². The van der Waals surface area contributed by atoms with E-state index in [1.54, 1.807) is 24.4 Å². The zero-order chi connectivity index (χ0) is 14.1. The van der Waals surface area contributed by atoms with E-state index in [9.17, 15) is 9.90 Å². The number of aromatic nitrogens is 2. The van der Waals surface area contributed by atoms with Crippen LogP contribution in [0.1, 0.15) is 16.2 Å². The molecule has 0 radical (unpaired) electrons. The summed E-state index contributed by atoms with van der Waals surface area (Å²) in [6.45, 7) is 1.95. The number of phenolic OH excluding ortho intramolecular Hbond substituents is 1. The van der Waals surface area contributed by atoms with Crippen molar-refractivity contribution in [1.82, 2.24) is 9.38 Å². The second kappa shape index (κ2) is 4.70. The molecule has 0 spiro atoms. The molecule has 2 N–H and O–H groups in total. The second-order valence-electron chi connectivity index (χ2n) is 4.53. The largest absolute Gasteiger partial charge is 0.508 e. The highest BCUT2D eigenvalue weighted by molar-refractivity contribution is 6.03. The highest BCUT2D eigenvalue weighted by Gasteiger charge is 2.11. The smallest absolute Gasteiger partial charge is 0.275 e. The van der Waals surface area contributed by atoms with Crippen LogP contribution in [0.5, 0.6) is 5.75 Å². The van der Waals surface area contributed by atoms with Crippen molar-refractivity contribution in [2.75, 3.05) is 5.32 Å². The average molecular weight is 267 g/mol. The fraction of sp³-hybridized carbons (Fsp3) is 0.0667. The molecule has 0 atom stereocenters. The molecule has 0 saturated carbocycles. The SMILES string of the molecule is Cc1cccc2nc(C(=O)Nc3cccc(O)c3)cn12. The number of anilines is 1. The van der Waals surface area contributed by atoms with E-state index in [4.69, 9.17) is 0 Å². The number of aryl methyl sites for hydroxylation is 1. The Hall–Kier alpha value is -2.82. The van der Waals surface area contributed by atoms with Crippen molar-refractivity contribution in [1.29, 1.82) is 0 Å². The Balaban J connectivity index is 1.91. The van der Waals surface area contributed by atoms with Gasteiger partial charge in [0.15, 0.2) is 0 Å². The van der Waals surface area contributed by atoms with Crippen molar-refractivity contribution >= 4 is 17.2 Å². The standard InChI is InChI=1S/C15H13N3O2/c1-10-4-2-7-14-17-13(9-18(10)14)15(20)16-11-5-3-6-12(19)8-11/h2-9,19H,1H3,(H,16,20). The van der Waals surface area contributed by atoms with E-state index in [1.807, 2.05) is 29.5 Å². The Morgan fingerprint density at radius 3 is 2.80 bits per heavy atom. The molecule has 100 valence electrons. The van der Waals surface area contributed by atoms with Crippen LogP contribution in [0.25, 0.3) is 5.65 Å². The first-order valence-corrected chi connectivity index (χ1v) is 6.18. The van der Waals surface area contributed by atoms with Gasteiger partial charge in [-0.25, -0.2) is 4.98 Å². The number of hydrogen-bond acceptors (Lipinski definition) is 3. The molecule has 1 aromatic carbocycles. The van der Waals surface area contributed by atoms with Gasteiger partial charge >= 0.3 is 0 Å². The van der Waals surface area contributed by atoms with Crippen molar-refractivity contribution in [3.8, 4) is 5.75 Å². The summed E-state index contributed by atoms with van der Waals surface area (Å²) < 4.78 is 1.86. The Bertz CT molecular complexity index is 793. The monoisotopic (exact) mass is 267 g/mol. The number of rotatable bonds is 2. The number of carbonyl (C=O) groups is 1. The lowest BCUT2D eigenvalue weighted by Crippen LogP contribution is -2.12. The molecule has 20 heavy (non-hydrogen) atoms. The minimum Gasteiger partial charge on any atom is -0.508 e. The molecule has 0 saturated heterocycles. The molecule has 2 aromatic heterocycles. The number of nitrogens with one attached hydrogen (secondary N) is 1. The van der Waals surface area contributed by atoms with Gasteiger partial charge in [-0.2, -0.15) is 0 Å². The maximum absolute atomic E-state index is 12.1. The Morgan fingerprint density at radius 1 is 1.25 bits per heavy atom. The Kier molecular flexibility index (Phi) is 2.87. The van der Waals surface area contributed by atoms with E-state index in [-0.39, 0.29) is 11.7 Å². The number of phenols is 1. The van der Waals surface area contributed by atoms with Gasteiger partial charge in [-0.1, -0.05) is 12.1 Å². The lowest BCUT2D eigenvalue weighted by molar-refractivity contribution is 0.102. The lowest BCUT2D eigenvalue weighted by atomic mass is 10.3. The molecule has 5 nitrogen and oxygen atoms in total. The molecule has 2 heterocycles. The number of fused-ring (bicyclic) bond motifs is 1. The zero-order valence-corrected chi connectivity index (χ0v) is 10.9. The van der Waals surface area contributed by atoms with Crippen molar-refractivity contribution in [2.24, 2.45) is 0 Å². The van der Waals surface area contributed by atoms with Gasteiger partial charge in [0.1, 0.15) is 17.1 Å². The van der Waals surface area contributed by atoms with Gasteiger partial charge in [0, 0.05) is 23.6 Å². The molecular weight excluding hydrogens is 254 g/mol. The number of amides is 1. The second-order valence-corrected chi connectivity index (χ2v) is 4.53. The maximum atomic E-state index is 12.1. The molecular formula is C15H13N3O2. The molecule has 0 aliphatic rings. The summed E-state index contributed by atoms with van der Waals surface area (Å²) in [5.41, 5.74) is 2.60. The molecule has 3 aromatic rings. The first kappa shape index (κ1) is 12.2. The van der Waals surface area contributed by atoms with Gasteiger partial charge in [0.05, 0.1) is 0 Å². The number of imidazole rings is 1. The van der Waals surface area contributed by atoms with Crippen LogP contribution in [0.4, 0.5) is 5.69 Å². The van der Waals surface area contributed by atoms with Gasteiger partial charge in [-0.15, -0.1) is 0 Å². The predicted octanol–water partition coefficient (Wildman–Crippen LogP) is 2.60. The Morgan fingerprint density at radius 2 is 2.05 bits per heavy atom. The van der Waals surface area contributed by atoms with Crippen LogP contribution in [0.3, 0.4) is 0 Å². The third kappa shape index (κ3) is 2.21. The van der Waals surface area contributed by atoms with E-state index in [0.29, 0.717) is 11.4 Å². The number of nitrogens with zero attached hydrogens (tertiary/aromatic N) is 2. The number of aromatic hydroxyl groups is 1. The van der Waals surface area contributed by atoms with E-state index >= 15 is 0 Å². The molecule has 5 heteroatoms. The molecule has 0 aliphatic carbocycles. The predicted molar refractivity (Wildman–Crippen MR) is 76.0 cm³/mol. The van der Waals surface area contributed by atoms with Crippen molar-refractivity contribution < 1.29 is 9.90 Å². The van der Waals surface area contributed by atoms with E-state index in [0.717, 1.165) is 11.3 Å². The third-order valence-corrected chi connectivity index (χ3v) is 3.03. The van der Waals surface area contributed by atoms with E-state index in [2.05, 4.69) is 10.3 Å². The van der Waals surface area contributed by atoms with Gasteiger partial charge in [0.2, 0.25) is 0 Å². The first-order chi connectivity index (χ1) is 9.63. The van der Waals surface area contributed by atoms with Gasteiger partial charge in [-0.05, 0) is 31.2 Å². The highest BCUT2D eigenvalue weighted by atomic mass is 16.3. The molecule has 0 fully saturated rings. The summed E-state index contributed by atoms with van der Waals surface area (Å²) in [5.74, 6) is -0.202.